The second-order valence-electron chi connectivity index (χ2n) is 7.55. The molecular weight excluding hydrogens is 384 g/mol. The van der Waals surface area contributed by atoms with Crippen molar-refractivity contribution in [3.05, 3.63) is 53.1 Å². The van der Waals surface area contributed by atoms with Gasteiger partial charge in [-0.25, -0.2) is 0 Å². The van der Waals surface area contributed by atoms with Gasteiger partial charge in [0.25, 0.3) is 5.91 Å². The number of ether oxygens (including phenoxy) is 2. The quantitative estimate of drug-likeness (QED) is 0.740. The minimum atomic E-state index is -0.628. The highest BCUT2D eigenvalue weighted by molar-refractivity contribution is 6.01. The summed E-state index contributed by atoms with van der Waals surface area (Å²) in [7, 11) is 1.54. The van der Waals surface area contributed by atoms with E-state index in [1.54, 1.807) is 6.07 Å². The molecule has 0 aromatic heterocycles. The molecule has 1 atom stereocenters. The summed E-state index contributed by atoms with van der Waals surface area (Å²) in [6, 6.07) is 11.2. The van der Waals surface area contributed by atoms with Crippen molar-refractivity contribution >= 4 is 29.2 Å². The molecule has 1 fully saturated rings. The Morgan fingerprint density at radius 2 is 1.80 bits per heavy atom. The number of anilines is 2. The molecule has 7 nitrogen and oxygen atoms in total. The Morgan fingerprint density at radius 3 is 2.50 bits per heavy atom. The summed E-state index contributed by atoms with van der Waals surface area (Å²) in [6.07, 6.45) is 0.0363. The van der Waals surface area contributed by atoms with Crippen molar-refractivity contribution in [1.82, 2.24) is 0 Å². The monoisotopic (exact) mass is 410 g/mol. The summed E-state index contributed by atoms with van der Waals surface area (Å²) in [5, 5.41) is 2.74. The first kappa shape index (κ1) is 21.4. The number of nitrogens with one attached hydrogen (secondary N) is 1. The number of rotatable bonds is 6. The third-order valence-corrected chi connectivity index (χ3v) is 5.09. The van der Waals surface area contributed by atoms with Gasteiger partial charge in [-0.3, -0.25) is 14.4 Å². The lowest BCUT2D eigenvalue weighted by atomic mass is 10.1. The fraction of sp³-hybridized carbons (Fsp3) is 0.348. The number of carbonyl (C=O) groups excluding carboxylic acids is 3. The number of esters is 1. The number of benzene rings is 2. The van der Waals surface area contributed by atoms with Crippen molar-refractivity contribution < 1.29 is 23.9 Å². The summed E-state index contributed by atoms with van der Waals surface area (Å²) >= 11 is 0. The Kier molecular flexibility index (Phi) is 6.40. The van der Waals surface area contributed by atoms with Gasteiger partial charge in [0.05, 0.1) is 18.7 Å². The topological polar surface area (TPSA) is 84.9 Å². The van der Waals surface area contributed by atoms with Crippen LogP contribution in [0.5, 0.6) is 5.75 Å². The Labute approximate surface area is 176 Å². The molecule has 1 saturated heterocycles. The second kappa shape index (κ2) is 8.98. The van der Waals surface area contributed by atoms with E-state index >= 15 is 0 Å². The average molecular weight is 410 g/mol. The highest BCUT2D eigenvalue weighted by atomic mass is 16.5. The van der Waals surface area contributed by atoms with Gasteiger partial charge in [-0.2, -0.15) is 0 Å². The molecule has 2 amide bonds. The van der Waals surface area contributed by atoms with E-state index in [1.807, 2.05) is 51.1 Å². The third-order valence-electron chi connectivity index (χ3n) is 5.09. The van der Waals surface area contributed by atoms with Crippen LogP contribution in [-0.2, 0) is 19.1 Å². The number of carbonyl (C=O) groups is 3. The zero-order valence-electron chi connectivity index (χ0n) is 17.7. The lowest BCUT2D eigenvalue weighted by Crippen LogP contribution is -2.28. The Bertz CT molecular complexity index is 986. The van der Waals surface area contributed by atoms with Gasteiger partial charge in [0.1, 0.15) is 5.75 Å². The Hall–Kier alpha value is -3.35. The zero-order chi connectivity index (χ0) is 21.8. The zero-order valence-corrected chi connectivity index (χ0v) is 17.7. The fourth-order valence-corrected chi connectivity index (χ4v) is 3.50. The van der Waals surface area contributed by atoms with Crippen LogP contribution >= 0.6 is 0 Å². The maximum Gasteiger partial charge on any atom is 0.311 e. The summed E-state index contributed by atoms with van der Waals surface area (Å²) in [5.41, 5.74) is 4.31. The first-order chi connectivity index (χ1) is 14.3. The van der Waals surface area contributed by atoms with Crippen molar-refractivity contribution in [2.24, 2.45) is 5.92 Å². The van der Waals surface area contributed by atoms with Gasteiger partial charge in [0.2, 0.25) is 5.91 Å². The number of methoxy groups -OCH3 is 1. The van der Waals surface area contributed by atoms with E-state index in [9.17, 15) is 14.4 Å². The van der Waals surface area contributed by atoms with Crippen LogP contribution in [0.2, 0.25) is 0 Å². The summed E-state index contributed by atoms with van der Waals surface area (Å²) in [5.74, 6) is -1.22. The van der Waals surface area contributed by atoms with Crippen molar-refractivity contribution in [2.45, 2.75) is 27.2 Å². The molecular formula is C23H26N2O5. The Morgan fingerprint density at radius 1 is 1.10 bits per heavy atom. The lowest BCUT2D eigenvalue weighted by molar-refractivity contribution is -0.151. The molecule has 0 saturated carbocycles. The highest BCUT2D eigenvalue weighted by Gasteiger charge is 2.37. The van der Waals surface area contributed by atoms with Crippen molar-refractivity contribution in [1.29, 1.82) is 0 Å². The van der Waals surface area contributed by atoms with Crippen LogP contribution in [-0.4, -0.2) is 38.0 Å². The number of amides is 2. The van der Waals surface area contributed by atoms with Crippen LogP contribution < -0.4 is 15.0 Å². The predicted octanol–water partition coefficient (Wildman–Crippen LogP) is 3.16. The fourth-order valence-electron chi connectivity index (χ4n) is 3.50. The van der Waals surface area contributed by atoms with Crippen molar-refractivity contribution in [3.63, 3.8) is 0 Å². The molecule has 0 radical (unpaired) electrons. The predicted molar refractivity (Wildman–Crippen MR) is 114 cm³/mol. The lowest BCUT2D eigenvalue weighted by Gasteiger charge is -2.20. The molecule has 0 bridgehead atoms. The van der Waals surface area contributed by atoms with E-state index in [1.165, 1.54) is 12.0 Å². The molecule has 1 heterocycles. The SMILES string of the molecule is COc1ccc(C)cc1N1C[C@H](C(=O)OCC(=O)Nc2ccc(C)cc2C)CC1=O. The number of aryl methyl sites for hydroxylation is 3. The normalized spacial score (nSPS) is 15.8. The van der Waals surface area contributed by atoms with Crippen LogP contribution in [0.15, 0.2) is 36.4 Å². The van der Waals surface area contributed by atoms with Gasteiger partial charge >= 0.3 is 5.97 Å². The van der Waals surface area contributed by atoms with Crippen molar-refractivity contribution in [2.75, 3.05) is 30.5 Å². The number of nitrogens with zero attached hydrogens (tertiary/aromatic N) is 1. The molecule has 1 aliphatic rings. The maximum absolute atomic E-state index is 12.5. The second-order valence-corrected chi connectivity index (χ2v) is 7.55. The molecule has 0 spiro atoms. The molecule has 7 heteroatoms. The van der Waals surface area contributed by atoms with Crippen LogP contribution in [0.25, 0.3) is 0 Å². The minimum Gasteiger partial charge on any atom is -0.495 e. The smallest absolute Gasteiger partial charge is 0.311 e. The van der Waals surface area contributed by atoms with Crippen LogP contribution in [0.1, 0.15) is 23.1 Å². The molecule has 0 unspecified atom stereocenters. The summed E-state index contributed by atoms with van der Waals surface area (Å²) < 4.78 is 10.5. The van der Waals surface area contributed by atoms with Crippen LogP contribution in [0.4, 0.5) is 11.4 Å². The van der Waals surface area contributed by atoms with Gasteiger partial charge in [0, 0.05) is 18.7 Å². The van der Waals surface area contributed by atoms with E-state index in [2.05, 4.69) is 5.32 Å². The number of hydrogen-bond donors (Lipinski definition) is 1. The molecule has 158 valence electrons. The summed E-state index contributed by atoms with van der Waals surface area (Å²) in [6.45, 7) is 5.58. The van der Waals surface area contributed by atoms with Gasteiger partial charge in [-0.1, -0.05) is 23.8 Å². The number of hydrogen-bond acceptors (Lipinski definition) is 5. The van der Waals surface area contributed by atoms with E-state index in [4.69, 9.17) is 9.47 Å². The first-order valence-corrected chi connectivity index (χ1v) is 9.77. The van der Waals surface area contributed by atoms with Gasteiger partial charge in [-0.05, 0) is 50.1 Å². The van der Waals surface area contributed by atoms with Gasteiger partial charge in [0.15, 0.2) is 6.61 Å². The standard InChI is InChI=1S/C23H26N2O5/c1-14-5-7-18(16(3)9-14)24-21(26)13-30-23(28)17-11-22(27)25(12-17)19-10-15(2)6-8-20(19)29-4/h5-10,17H,11-13H2,1-4H3,(H,24,26)/t17-/m1/s1. The summed E-state index contributed by atoms with van der Waals surface area (Å²) in [4.78, 5) is 38.6. The van der Waals surface area contributed by atoms with E-state index < -0.39 is 24.4 Å². The molecule has 3 rings (SSSR count). The van der Waals surface area contributed by atoms with Crippen LogP contribution in [0.3, 0.4) is 0 Å². The maximum atomic E-state index is 12.5. The molecule has 1 aliphatic heterocycles. The van der Waals surface area contributed by atoms with Crippen molar-refractivity contribution in [3.8, 4) is 5.75 Å². The largest absolute Gasteiger partial charge is 0.495 e. The molecule has 2 aromatic carbocycles. The van der Waals surface area contributed by atoms with Gasteiger partial charge < -0.3 is 19.7 Å². The van der Waals surface area contributed by atoms with Crippen LogP contribution in [0, 0.1) is 26.7 Å². The average Bonchev–Trinajstić information content (AvgIpc) is 3.10. The highest BCUT2D eigenvalue weighted by Crippen LogP contribution is 2.34. The third kappa shape index (κ3) is 4.79. The van der Waals surface area contributed by atoms with E-state index in [-0.39, 0.29) is 18.9 Å². The first-order valence-electron chi connectivity index (χ1n) is 9.77. The minimum absolute atomic E-state index is 0.0363. The Balaban J connectivity index is 1.58. The molecule has 0 aliphatic carbocycles. The molecule has 2 aromatic rings. The molecule has 30 heavy (non-hydrogen) atoms. The van der Waals surface area contributed by atoms with E-state index in [0.717, 1.165) is 16.7 Å². The molecule has 1 N–H and O–H groups in total. The van der Waals surface area contributed by atoms with Gasteiger partial charge in [-0.15, -0.1) is 0 Å². The van der Waals surface area contributed by atoms with E-state index in [0.29, 0.717) is 17.1 Å².